The molecule has 1 aromatic carbocycles. The maximum Gasteiger partial charge on any atom is 0.315 e. The van der Waals surface area contributed by atoms with Crippen LogP contribution in [0.1, 0.15) is 36.4 Å². The summed E-state index contributed by atoms with van der Waals surface area (Å²) in [6.07, 6.45) is 2.19. The Morgan fingerprint density at radius 3 is 2.92 bits per heavy atom. The smallest absolute Gasteiger partial charge is 0.315 e. The lowest BCUT2D eigenvalue weighted by Crippen LogP contribution is -2.41. The number of carbonyl (C=O) groups excluding carboxylic acids is 1. The number of aliphatic hydroxyl groups excluding tert-OH is 1. The van der Waals surface area contributed by atoms with Crippen LogP contribution in [0.4, 0.5) is 9.18 Å². The fraction of sp³-hybridized carbons (Fsp3) is 0.412. The van der Waals surface area contributed by atoms with E-state index in [1.54, 1.807) is 30.4 Å². The van der Waals surface area contributed by atoms with Crippen molar-refractivity contribution in [3.05, 3.63) is 40.7 Å². The van der Waals surface area contributed by atoms with E-state index in [1.165, 1.54) is 17.0 Å². The number of hydrogen-bond acceptors (Lipinski definition) is 4. The number of aryl methyl sites for hydroxylation is 1. The summed E-state index contributed by atoms with van der Waals surface area (Å²) in [5, 5.41) is 15.6. The molecule has 0 aliphatic heterocycles. The van der Waals surface area contributed by atoms with Gasteiger partial charge in [-0.15, -0.1) is 11.3 Å². The molecule has 0 spiro atoms. The van der Waals surface area contributed by atoms with E-state index < -0.39 is 6.10 Å². The van der Waals surface area contributed by atoms with E-state index in [2.05, 4.69) is 15.6 Å². The zero-order valence-corrected chi connectivity index (χ0v) is 14.2. The molecule has 1 aromatic heterocycles. The predicted octanol–water partition coefficient (Wildman–Crippen LogP) is 3.01. The van der Waals surface area contributed by atoms with Gasteiger partial charge in [-0.05, 0) is 50.5 Å². The van der Waals surface area contributed by atoms with Crippen molar-refractivity contribution in [2.24, 2.45) is 0 Å². The number of hydrogen-bond donors (Lipinski definition) is 3. The number of fused-ring (bicyclic) bond motifs is 1. The Labute approximate surface area is 143 Å². The largest absolute Gasteiger partial charge is 0.392 e. The van der Waals surface area contributed by atoms with Crippen LogP contribution in [0.15, 0.2) is 24.3 Å². The van der Waals surface area contributed by atoms with Crippen LogP contribution in [-0.4, -0.2) is 28.8 Å². The number of amides is 2. The maximum absolute atomic E-state index is 13.1. The Morgan fingerprint density at radius 1 is 1.46 bits per heavy atom. The lowest BCUT2D eigenvalue weighted by Gasteiger charge is -2.22. The highest BCUT2D eigenvalue weighted by atomic mass is 32.1. The average Bonchev–Trinajstić information content (AvgIpc) is 2.99. The van der Waals surface area contributed by atoms with Crippen molar-refractivity contribution in [3.8, 4) is 10.6 Å². The van der Waals surface area contributed by atoms with Gasteiger partial charge in [0.25, 0.3) is 0 Å². The minimum atomic E-state index is -0.581. The van der Waals surface area contributed by atoms with Crippen molar-refractivity contribution in [2.75, 3.05) is 6.54 Å². The molecule has 0 radical (unpaired) electrons. The number of aliphatic hydroxyl groups is 1. The number of nitrogens with one attached hydrogen (secondary N) is 2. The Bertz CT molecular complexity index is 715. The van der Waals surface area contributed by atoms with Crippen LogP contribution in [0.5, 0.6) is 0 Å². The third-order valence-electron chi connectivity index (χ3n) is 3.91. The van der Waals surface area contributed by atoms with Crippen molar-refractivity contribution in [1.29, 1.82) is 0 Å². The molecule has 2 amide bonds. The van der Waals surface area contributed by atoms with Crippen molar-refractivity contribution >= 4 is 17.4 Å². The molecule has 24 heavy (non-hydrogen) atoms. The summed E-state index contributed by atoms with van der Waals surface area (Å²) >= 11 is 1.60. The summed E-state index contributed by atoms with van der Waals surface area (Å²) in [5.74, 6) is -0.269. The highest BCUT2D eigenvalue weighted by Gasteiger charge is 2.26. The summed E-state index contributed by atoms with van der Waals surface area (Å²) in [6, 6.07) is 5.86. The number of thiazole rings is 1. The topological polar surface area (TPSA) is 74.2 Å². The van der Waals surface area contributed by atoms with Gasteiger partial charge in [0.2, 0.25) is 0 Å². The molecule has 2 aromatic rings. The number of aromatic nitrogens is 1. The second-order valence-electron chi connectivity index (χ2n) is 5.98. The Balaban J connectivity index is 1.75. The van der Waals surface area contributed by atoms with E-state index in [-0.39, 0.29) is 24.4 Å². The van der Waals surface area contributed by atoms with Crippen LogP contribution in [0, 0.1) is 5.82 Å². The van der Waals surface area contributed by atoms with Gasteiger partial charge in [0, 0.05) is 17.0 Å². The number of halogens is 1. The first-order chi connectivity index (χ1) is 11.5. The minimum Gasteiger partial charge on any atom is -0.392 e. The summed E-state index contributed by atoms with van der Waals surface area (Å²) in [7, 11) is 0. The van der Waals surface area contributed by atoms with Gasteiger partial charge in [0.15, 0.2) is 0 Å². The summed E-state index contributed by atoms with van der Waals surface area (Å²) in [6.45, 7) is 1.83. The maximum atomic E-state index is 13.1. The molecule has 2 atom stereocenters. The molecule has 0 saturated carbocycles. The van der Waals surface area contributed by atoms with E-state index in [0.29, 0.717) is 0 Å². The predicted molar refractivity (Wildman–Crippen MR) is 91.4 cm³/mol. The molecule has 5 nitrogen and oxygen atoms in total. The number of rotatable bonds is 4. The summed E-state index contributed by atoms with van der Waals surface area (Å²) < 4.78 is 13.1. The Hall–Kier alpha value is -1.99. The van der Waals surface area contributed by atoms with Gasteiger partial charge in [-0.2, -0.15) is 0 Å². The molecule has 1 heterocycles. The van der Waals surface area contributed by atoms with Crippen LogP contribution >= 0.6 is 11.3 Å². The van der Waals surface area contributed by atoms with Gasteiger partial charge in [-0.3, -0.25) is 0 Å². The third-order valence-corrected chi connectivity index (χ3v) is 5.09. The van der Waals surface area contributed by atoms with Crippen LogP contribution in [0.2, 0.25) is 0 Å². The minimum absolute atomic E-state index is 0.131. The molecule has 0 unspecified atom stereocenters. The first-order valence-corrected chi connectivity index (χ1v) is 8.82. The molecule has 7 heteroatoms. The normalized spacial score (nSPS) is 17.9. The Kier molecular flexibility index (Phi) is 5.11. The van der Waals surface area contributed by atoms with Gasteiger partial charge in [0.05, 0.1) is 17.8 Å². The van der Waals surface area contributed by atoms with Crippen molar-refractivity contribution in [1.82, 2.24) is 15.6 Å². The van der Waals surface area contributed by atoms with Crippen LogP contribution in [0.3, 0.4) is 0 Å². The second-order valence-corrected chi connectivity index (χ2v) is 7.07. The standard InChI is InChI=1S/C17H20FN3O2S/c1-10(22)9-19-17(23)20-13-3-2-4-14-15(13)21-16(24-14)11-5-7-12(18)8-6-11/h5-8,10,13,22H,2-4,9H2,1H3,(H2,19,20,23)/t10-,13-/m1/s1. The average molecular weight is 349 g/mol. The van der Waals surface area contributed by atoms with Gasteiger partial charge in [-0.25, -0.2) is 14.2 Å². The van der Waals surface area contributed by atoms with Crippen LogP contribution in [0.25, 0.3) is 10.6 Å². The van der Waals surface area contributed by atoms with Crippen LogP contribution in [-0.2, 0) is 6.42 Å². The fourth-order valence-electron chi connectivity index (χ4n) is 2.72. The molecule has 0 fully saturated rings. The van der Waals surface area contributed by atoms with E-state index in [0.717, 1.165) is 35.5 Å². The molecule has 3 N–H and O–H groups in total. The zero-order valence-electron chi connectivity index (χ0n) is 13.4. The molecule has 1 aliphatic rings. The fourth-order valence-corrected chi connectivity index (χ4v) is 3.89. The Morgan fingerprint density at radius 2 is 2.21 bits per heavy atom. The van der Waals surface area contributed by atoms with Gasteiger partial charge >= 0.3 is 6.03 Å². The highest BCUT2D eigenvalue weighted by molar-refractivity contribution is 7.15. The number of benzene rings is 1. The highest BCUT2D eigenvalue weighted by Crippen LogP contribution is 2.37. The number of nitrogens with zero attached hydrogens (tertiary/aromatic N) is 1. The van der Waals surface area contributed by atoms with Crippen molar-refractivity contribution in [3.63, 3.8) is 0 Å². The molecule has 3 rings (SSSR count). The lowest BCUT2D eigenvalue weighted by molar-refractivity contribution is 0.186. The molecule has 1 aliphatic carbocycles. The van der Waals surface area contributed by atoms with E-state index in [9.17, 15) is 14.3 Å². The van der Waals surface area contributed by atoms with Gasteiger partial charge < -0.3 is 15.7 Å². The third kappa shape index (κ3) is 3.91. The monoisotopic (exact) mass is 349 g/mol. The zero-order chi connectivity index (χ0) is 17.1. The number of urea groups is 1. The summed E-state index contributed by atoms with van der Waals surface area (Å²) in [5.41, 5.74) is 1.78. The first kappa shape index (κ1) is 16.9. The molecule has 0 bridgehead atoms. The molecular formula is C17H20FN3O2S. The second kappa shape index (κ2) is 7.27. The lowest BCUT2D eigenvalue weighted by atomic mass is 9.98. The first-order valence-electron chi connectivity index (χ1n) is 8.01. The van der Waals surface area contributed by atoms with E-state index >= 15 is 0 Å². The molecular weight excluding hydrogens is 329 g/mol. The van der Waals surface area contributed by atoms with Crippen molar-refractivity contribution < 1.29 is 14.3 Å². The molecule has 0 saturated heterocycles. The van der Waals surface area contributed by atoms with Gasteiger partial charge in [-0.1, -0.05) is 0 Å². The van der Waals surface area contributed by atoms with Gasteiger partial charge in [0.1, 0.15) is 10.8 Å². The number of carbonyl (C=O) groups is 1. The molecule has 128 valence electrons. The van der Waals surface area contributed by atoms with E-state index in [1.807, 2.05) is 0 Å². The van der Waals surface area contributed by atoms with Crippen LogP contribution < -0.4 is 10.6 Å². The van der Waals surface area contributed by atoms with E-state index in [4.69, 9.17) is 0 Å². The summed E-state index contributed by atoms with van der Waals surface area (Å²) in [4.78, 5) is 17.8. The quantitative estimate of drug-likeness (QED) is 0.794. The van der Waals surface area contributed by atoms with Crippen molar-refractivity contribution in [2.45, 2.75) is 38.3 Å². The SMILES string of the molecule is C[C@@H](O)CNC(=O)N[C@@H]1CCCc2sc(-c3ccc(F)cc3)nc21.